The topological polar surface area (TPSA) is 329 Å². The number of rotatable bonds is 16. The van der Waals surface area contributed by atoms with Crippen LogP contribution in [0.4, 0.5) is 0 Å². The lowest BCUT2D eigenvalue weighted by Crippen LogP contribution is -2.60. The van der Waals surface area contributed by atoms with Crippen LogP contribution in [0.5, 0.6) is 0 Å². The lowest BCUT2D eigenvalue weighted by molar-refractivity contribution is -0.214. The number of sulfonamides is 1. The van der Waals surface area contributed by atoms with Crippen molar-refractivity contribution in [1.82, 2.24) is 4.72 Å². The quantitative estimate of drug-likeness (QED) is 0.107. The van der Waals surface area contributed by atoms with Gasteiger partial charge >= 0.3 is 53.7 Å². The lowest BCUT2D eigenvalue weighted by atomic mass is 9.52. The highest BCUT2D eigenvalue weighted by molar-refractivity contribution is 7.89. The van der Waals surface area contributed by atoms with Crippen LogP contribution in [-0.4, -0.2) is 150 Å². The van der Waals surface area contributed by atoms with E-state index < -0.39 is 123 Å². The Morgan fingerprint density at radius 1 is 0.430 bits per heavy atom. The second kappa shape index (κ2) is 33.1. The fourth-order valence-electron chi connectivity index (χ4n) is 18.6. The summed E-state index contributed by atoms with van der Waals surface area (Å²) in [6.45, 7) is 31.8. The first-order chi connectivity index (χ1) is 45.2. The first-order valence-electron chi connectivity index (χ1n) is 36.0. The highest BCUT2D eigenvalue weighted by atomic mass is 32.2. The molecule has 8 aliphatic carbocycles. The lowest BCUT2D eigenvalue weighted by Gasteiger charge is -2.54. The Balaban J connectivity index is 0.000000699. The summed E-state index contributed by atoms with van der Waals surface area (Å²) in [5.74, 6) is -4.12. The molecule has 0 radical (unpaired) electrons. The summed E-state index contributed by atoms with van der Waals surface area (Å²) >= 11 is 0. The van der Waals surface area contributed by atoms with Crippen molar-refractivity contribution >= 4 is 69.7 Å². The van der Waals surface area contributed by atoms with Gasteiger partial charge in [-0.05, 0) is 148 Å². The van der Waals surface area contributed by atoms with Gasteiger partial charge in [0.1, 0.15) is 52.4 Å². The maximum absolute atomic E-state index is 13.3. The molecule has 0 aromatic heterocycles. The van der Waals surface area contributed by atoms with Crippen LogP contribution in [0, 0.1) is 55.2 Å². The minimum absolute atomic E-state index is 0. The second-order valence-electron chi connectivity index (χ2n) is 36.7. The van der Waals surface area contributed by atoms with Crippen LogP contribution < -0.4 is 4.72 Å². The zero-order chi connectivity index (χ0) is 74.0. The van der Waals surface area contributed by atoms with E-state index in [0.717, 1.165) is 6.26 Å². The molecule has 8 aliphatic heterocycles. The zero-order valence-corrected chi connectivity index (χ0v) is 63.1. The smallest absolute Gasteiger partial charge is 0.312 e. The van der Waals surface area contributed by atoms with E-state index in [4.69, 9.17) is 47.4 Å². The van der Waals surface area contributed by atoms with E-state index in [1.165, 1.54) is 0 Å². The molecule has 16 fully saturated rings. The van der Waals surface area contributed by atoms with Gasteiger partial charge in [-0.1, -0.05) is 87.1 Å². The minimum Gasteiger partial charge on any atom is -0.462 e. The molecular formula is C82H145NO23S. The average molecular weight is 1550 g/mol. The molecule has 2 N–H and O–H groups in total. The number of amides is 1. The summed E-state index contributed by atoms with van der Waals surface area (Å²) < 4.78 is 83.2. The molecular weight excluding hydrogens is 1400 g/mol. The molecule has 16 atom stereocenters. The largest absolute Gasteiger partial charge is 0.462 e. The van der Waals surface area contributed by atoms with E-state index in [0.29, 0.717) is 135 Å². The standard InChI is InChI=1S/C22H34O6.C18H27NO7S.C18H28O5.C16H24O5.8CH4/c1-8-19(5,6)15(23)28-22-10-14-9-21(13-22,17(25)27-18(2,3)4)11-20(7,12-22)16(24)26-14;1-5-16(2,3)15(22)26-18-7-11-6-17(10-18,14(21)19-27(4,23)24)8-12(9-18)25-13(11)20;1-6-15(2,3)13(19)23-18-8-12-7-17(11-18,21-5)9-16(4,10-18)14(20)22-12;1-4-14(2,3)13(18)21-16-6-10-5-15(19,9-16)7-11(8-16)20-12(10)17;;;;;;;;/h14H,8-13H2,1-7H3;11-12H,5-10H2,1-4H3,(H,19,21);12H,6-11H2,1-5H3;10-11,19H,4-9H2,1-3H3;8*1H4. The molecule has 107 heavy (non-hydrogen) atoms. The van der Waals surface area contributed by atoms with Gasteiger partial charge in [-0.25, -0.2) is 8.42 Å². The van der Waals surface area contributed by atoms with Gasteiger partial charge in [0, 0.05) is 103 Å². The third-order valence-corrected chi connectivity index (χ3v) is 25.2. The fourth-order valence-corrected chi connectivity index (χ4v) is 19.2. The molecule has 16 unspecified atom stereocenters. The number of carbonyl (C=O) groups is 10. The van der Waals surface area contributed by atoms with E-state index in [1.54, 1.807) is 21.0 Å². The number of fused-ring (bicyclic) bond motifs is 4. The van der Waals surface area contributed by atoms with Gasteiger partial charge in [0.05, 0.1) is 72.6 Å². The number of carbonyl (C=O) groups excluding carboxylic acids is 10. The molecule has 24 nitrogen and oxygen atoms in total. The Morgan fingerprint density at radius 2 is 0.757 bits per heavy atom. The van der Waals surface area contributed by atoms with Crippen LogP contribution in [0.2, 0.25) is 0 Å². The molecule has 8 saturated heterocycles. The van der Waals surface area contributed by atoms with Crippen molar-refractivity contribution in [3.8, 4) is 0 Å². The summed E-state index contributed by atoms with van der Waals surface area (Å²) in [5, 5.41) is 10.7. The van der Waals surface area contributed by atoms with E-state index in [2.05, 4.69) is 4.72 Å². The summed E-state index contributed by atoms with van der Waals surface area (Å²) in [6.07, 6.45) is 10.8. The molecule has 16 bridgehead atoms. The van der Waals surface area contributed by atoms with Crippen LogP contribution in [-0.2, 0) is 105 Å². The van der Waals surface area contributed by atoms with Crippen molar-refractivity contribution in [2.24, 2.45) is 55.2 Å². The van der Waals surface area contributed by atoms with E-state index >= 15 is 0 Å². The third kappa shape index (κ3) is 20.3. The van der Waals surface area contributed by atoms with Gasteiger partial charge in [-0.3, -0.25) is 52.7 Å². The molecule has 8 saturated carbocycles. The SMILES string of the molecule is C.C.C.C.C.C.C.C.CCC(C)(C)C(=O)OC12CC3CC(C(=O)NS(C)(=O)=O)(CC(C1)C(=O)O3)C2.CCC(C)(C)C(=O)OC12CC3CC(C(=O)OC(C)(C)C)(C1)CC(C)(C2)C(=O)O3.CCC(C)(C)C(=O)OC12CC3CC(O)(CC(C1)C(=O)O3)C2.CCC(C)(C)C(=O)OC12CC3CC(OC)(C1)CC(C)(C2)C(=O)O3. The van der Waals surface area contributed by atoms with Gasteiger partial charge in [0.15, 0.2) is 0 Å². The van der Waals surface area contributed by atoms with E-state index in [-0.39, 0.29) is 145 Å². The Kier molecular flexibility index (Phi) is 30.8. The van der Waals surface area contributed by atoms with Crippen LogP contribution >= 0.6 is 0 Å². The van der Waals surface area contributed by atoms with E-state index in [1.807, 2.05) is 104 Å². The van der Waals surface area contributed by atoms with Crippen molar-refractivity contribution in [2.75, 3.05) is 13.4 Å². The van der Waals surface area contributed by atoms with Gasteiger partial charge in [0.25, 0.3) is 0 Å². The van der Waals surface area contributed by atoms with Crippen molar-refractivity contribution in [1.29, 1.82) is 0 Å². The molecule has 1 amide bonds. The van der Waals surface area contributed by atoms with Crippen LogP contribution in [0.1, 0.15) is 331 Å². The average Bonchev–Trinajstić information content (AvgIpc) is 1.62. The van der Waals surface area contributed by atoms with Crippen molar-refractivity contribution in [3.05, 3.63) is 0 Å². The Bertz CT molecular complexity index is 3390. The van der Waals surface area contributed by atoms with Crippen LogP contribution in [0.25, 0.3) is 0 Å². The number of esters is 9. The summed E-state index contributed by atoms with van der Waals surface area (Å²) in [7, 11) is -2.06. The molecule has 16 rings (SSSR count). The molecule has 0 spiro atoms. The monoisotopic (exact) mass is 1540 g/mol. The Hall–Kier alpha value is -5.43. The molecule has 8 heterocycles. The van der Waals surface area contributed by atoms with Gasteiger partial charge < -0.3 is 52.5 Å². The molecule has 25 heteroatoms. The maximum Gasteiger partial charge on any atom is 0.312 e. The Morgan fingerprint density at radius 3 is 1.17 bits per heavy atom. The summed E-state index contributed by atoms with van der Waals surface area (Å²) in [4.78, 5) is 127. The molecule has 0 aromatic carbocycles. The predicted molar refractivity (Wildman–Crippen MR) is 409 cm³/mol. The van der Waals surface area contributed by atoms with Gasteiger partial charge in [0.2, 0.25) is 15.9 Å². The molecule has 622 valence electrons. The number of hydrogen-bond acceptors (Lipinski definition) is 23. The van der Waals surface area contributed by atoms with Crippen LogP contribution in [0.15, 0.2) is 0 Å². The first kappa shape index (κ1) is 99.6. The normalized spacial score (nSPS) is 35.9. The first-order valence-corrected chi connectivity index (χ1v) is 37.9. The minimum atomic E-state index is -3.75. The summed E-state index contributed by atoms with van der Waals surface area (Å²) in [5.41, 5.74) is -11.1. The number of ether oxygens (including phenoxy) is 10. The maximum atomic E-state index is 13.3. The predicted octanol–water partition coefficient (Wildman–Crippen LogP) is 15.3. The summed E-state index contributed by atoms with van der Waals surface area (Å²) in [6, 6.07) is 0. The van der Waals surface area contributed by atoms with Gasteiger partial charge in [-0.2, -0.15) is 0 Å². The van der Waals surface area contributed by atoms with Crippen molar-refractivity contribution < 1.29 is 109 Å². The van der Waals surface area contributed by atoms with Gasteiger partial charge in [-0.15, -0.1) is 0 Å². The zero-order valence-electron chi connectivity index (χ0n) is 62.3. The molecule has 0 aromatic rings. The highest BCUT2D eigenvalue weighted by Gasteiger charge is 2.70. The van der Waals surface area contributed by atoms with Crippen molar-refractivity contribution in [3.63, 3.8) is 0 Å². The van der Waals surface area contributed by atoms with E-state index in [9.17, 15) is 61.5 Å². The number of nitrogens with one attached hydrogen (secondary N) is 1. The fraction of sp³-hybridized carbons (Fsp3) is 0.878. The number of methoxy groups -OCH3 is 1. The highest BCUT2D eigenvalue weighted by Crippen LogP contribution is 2.65. The molecule has 16 aliphatic rings. The van der Waals surface area contributed by atoms with Crippen molar-refractivity contribution in [2.45, 2.75) is 395 Å². The van der Waals surface area contributed by atoms with Crippen LogP contribution in [0.3, 0.4) is 0 Å². The number of aliphatic hydroxyl groups is 1. The second-order valence-corrected chi connectivity index (χ2v) is 38.4. The Labute approximate surface area is 643 Å². The number of hydrogen-bond donors (Lipinski definition) is 2. The third-order valence-electron chi connectivity index (χ3n) is 24.6.